The molecular formula is C4H3Cl3O2. The predicted molar refractivity (Wildman–Crippen MR) is 36.0 cm³/mol. The van der Waals surface area contributed by atoms with E-state index in [0.717, 1.165) is 0 Å². The quantitative estimate of drug-likeness (QED) is 0.498. The van der Waals surface area contributed by atoms with Crippen LogP contribution in [0.25, 0.3) is 0 Å². The standard InChI is InChI=1S/C4H3Cl3O2/c5-2(4(7)9)1-3(6)8/h2H,1H2/t2-/m0/s1. The van der Waals surface area contributed by atoms with Crippen LogP contribution in [0, 0.1) is 0 Å². The van der Waals surface area contributed by atoms with Crippen LogP contribution in [0.4, 0.5) is 0 Å². The van der Waals surface area contributed by atoms with Crippen molar-refractivity contribution in [3.8, 4) is 0 Å². The average Bonchev–Trinajstić information content (AvgIpc) is 1.63. The van der Waals surface area contributed by atoms with Crippen LogP contribution in [0.1, 0.15) is 6.42 Å². The van der Waals surface area contributed by atoms with Gasteiger partial charge in [-0.15, -0.1) is 11.6 Å². The van der Waals surface area contributed by atoms with E-state index in [4.69, 9.17) is 34.8 Å². The lowest BCUT2D eigenvalue weighted by atomic mass is 10.3. The lowest BCUT2D eigenvalue weighted by molar-refractivity contribution is -0.116. The first-order valence-corrected chi connectivity index (χ1v) is 3.25. The monoisotopic (exact) mass is 188 g/mol. The fourth-order valence-corrected chi connectivity index (χ4v) is 0.672. The van der Waals surface area contributed by atoms with E-state index in [-0.39, 0.29) is 6.42 Å². The van der Waals surface area contributed by atoms with Crippen molar-refractivity contribution in [2.24, 2.45) is 0 Å². The third-order valence-corrected chi connectivity index (χ3v) is 1.47. The molecular weight excluding hydrogens is 186 g/mol. The first-order valence-electron chi connectivity index (χ1n) is 2.05. The Morgan fingerprint density at radius 2 is 1.78 bits per heavy atom. The second kappa shape index (κ2) is 4.09. The molecule has 2 nitrogen and oxygen atoms in total. The van der Waals surface area contributed by atoms with Crippen LogP contribution in [0.3, 0.4) is 0 Å². The molecule has 0 aliphatic carbocycles. The van der Waals surface area contributed by atoms with Gasteiger partial charge in [0.2, 0.25) is 10.5 Å². The number of alkyl halides is 1. The fourth-order valence-electron chi connectivity index (χ4n) is 0.221. The lowest BCUT2D eigenvalue weighted by Gasteiger charge is -1.95. The van der Waals surface area contributed by atoms with E-state index >= 15 is 0 Å². The van der Waals surface area contributed by atoms with E-state index in [1.54, 1.807) is 0 Å². The highest BCUT2D eigenvalue weighted by Crippen LogP contribution is 2.07. The van der Waals surface area contributed by atoms with Gasteiger partial charge in [-0.05, 0) is 23.2 Å². The van der Waals surface area contributed by atoms with Gasteiger partial charge in [0.25, 0.3) is 0 Å². The van der Waals surface area contributed by atoms with E-state index < -0.39 is 15.9 Å². The summed E-state index contributed by atoms with van der Waals surface area (Å²) in [5, 5.41) is -2.41. The molecule has 0 rings (SSSR count). The van der Waals surface area contributed by atoms with Gasteiger partial charge >= 0.3 is 0 Å². The summed E-state index contributed by atoms with van der Waals surface area (Å²) in [6, 6.07) is 0. The zero-order valence-corrected chi connectivity index (χ0v) is 6.50. The third-order valence-electron chi connectivity index (χ3n) is 0.586. The molecule has 0 fully saturated rings. The van der Waals surface area contributed by atoms with Crippen LogP contribution >= 0.6 is 34.8 Å². The average molecular weight is 189 g/mol. The summed E-state index contributed by atoms with van der Waals surface area (Å²) in [6.07, 6.45) is -0.217. The maximum Gasteiger partial charge on any atom is 0.240 e. The van der Waals surface area contributed by atoms with Crippen molar-refractivity contribution in [2.75, 3.05) is 0 Å². The van der Waals surface area contributed by atoms with Crippen LogP contribution in [0.5, 0.6) is 0 Å². The lowest BCUT2D eigenvalue weighted by Crippen LogP contribution is -2.10. The molecule has 1 atom stereocenters. The third kappa shape index (κ3) is 4.70. The zero-order chi connectivity index (χ0) is 7.44. The topological polar surface area (TPSA) is 34.1 Å². The summed E-state index contributed by atoms with van der Waals surface area (Å²) in [5.74, 6) is 0. The Morgan fingerprint density at radius 3 is 1.89 bits per heavy atom. The number of carbonyl (C=O) groups excluding carboxylic acids is 2. The smallest absolute Gasteiger partial charge is 0.240 e. The molecule has 5 heteroatoms. The summed E-state index contributed by atoms with van der Waals surface area (Å²) in [4.78, 5) is 20.1. The maximum atomic E-state index is 10.1. The van der Waals surface area contributed by atoms with Gasteiger partial charge in [-0.1, -0.05) is 0 Å². The van der Waals surface area contributed by atoms with Gasteiger partial charge in [-0.2, -0.15) is 0 Å². The summed E-state index contributed by atoms with van der Waals surface area (Å²) in [6.45, 7) is 0. The van der Waals surface area contributed by atoms with Crippen molar-refractivity contribution in [1.82, 2.24) is 0 Å². The molecule has 0 heterocycles. The number of halogens is 3. The Kier molecular flexibility index (Phi) is 4.19. The highest BCUT2D eigenvalue weighted by Gasteiger charge is 2.14. The van der Waals surface area contributed by atoms with Crippen molar-refractivity contribution in [3.63, 3.8) is 0 Å². The number of hydrogen-bond acceptors (Lipinski definition) is 2. The van der Waals surface area contributed by atoms with Crippen molar-refractivity contribution in [1.29, 1.82) is 0 Å². The molecule has 0 aromatic carbocycles. The van der Waals surface area contributed by atoms with Gasteiger partial charge in [-0.3, -0.25) is 9.59 Å². The van der Waals surface area contributed by atoms with E-state index in [1.165, 1.54) is 0 Å². The molecule has 0 unspecified atom stereocenters. The van der Waals surface area contributed by atoms with Gasteiger partial charge in [0.15, 0.2) is 0 Å². The van der Waals surface area contributed by atoms with Crippen LogP contribution in [0.2, 0.25) is 0 Å². The molecule has 0 aliphatic heterocycles. The molecule has 0 spiro atoms. The van der Waals surface area contributed by atoms with E-state index in [2.05, 4.69) is 0 Å². The Balaban J connectivity index is 3.63. The van der Waals surface area contributed by atoms with Crippen molar-refractivity contribution >= 4 is 45.3 Å². The Bertz CT molecular complexity index is 134. The second-order valence-electron chi connectivity index (χ2n) is 1.33. The van der Waals surface area contributed by atoms with E-state index in [0.29, 0.717) is 0 Å². The molecule has 0 aromatic heterocycles. The molecule has 0 aliphatic rings. The summed E-state index contributed by atoms with van der Waals surface area (Å²) < 4.78 is 0. The highest BCUT2D eigenvalue weighted by molar-refractivity contribution is 6.70. The van der Waals surface area contributed by atoms with E-state index in [1.807, 2.05) is 0 Å². The van der Waals surface area contributed by atoms with Gasteiger partial charge in [-0.25, -0.2) is 0 Å². The minimum Gasteiger partial charge on any atom is -0.281 e. The normalized spacial score (nSPS) is 12.8. The first-order chi connectivity index (χ1) is 4.04. The maximum absolute atomic E-state index is 10.1. The van der Waals surface area contributed by atoms with Crippen molar-refractivity contribution in [2.45, 2.75) is 11.8 Å². The fraction of sp³-hybridized carbons (Fsp3) is 0.500. The Hall–Kier alpha value is 0.210. The second-order valence-corrected chi connectivity index (χ2v) is 2.65. The minimum absolute atomic E-state index is 0.217. The van der Waals surface area contributed by atoms with Gasteiger partial charge in [0, 0.05) is 6.42 Å². The molecule has 52 valence electrons. The first kappa shape index (κ1) is 9.21. The highest BCUT2D eigenvalue weighted by atomic mass is 35.5. The number of carbonyl (C=O) groups is 2. The Labute approximate surface area is 67.1 Å². The van der Waals surface area contributed by atoms with Crippen molar-refractivity contribution < 1.29 is 9.59 Å². The van der Waals surface area contributed by atoms with Crippen LogP contribution < -0.4 is 0 Å². The summed E-state index contributed by atoms with van der Waals surface area (Å²) in [7, 11) is 0. The van der Waals surface area contributed by atoms with Crippen LogP contribution in [-0.2, 0) is 9.59 Å². The number of rotatable bonds is 3. The molecule has 0 radical (unpaired) electrons. The predicted octanol–water partition coefficient (Wildman–Crippen LogP) is 1.51. The number of hydrogen-bond donors (Lipinski definition) is 0. The van der Waals surface area contributed by atoms with Crippen LogP contribution in [-0.4, -0.2) is 15.9 Å². The zero-order valence-electron chi connectivity index (χ0n) is 4.23. The molecule has 0 amide bonds. The molecule has 0 bridgehead atoms. The Morgan fingerprint density at radius 1 is 1.33 bits per heavy atom. The SMILES string of the molecule is O=C(Cl)C[C@H](Cl)C(=O)Cl. The molecule has 0 N–H and O–H groups in total. The summed E-state index contributed by atoms with van der Waals surface area (Å²) in [5.41, 5.74) is 0. The van der Waals surface area contributed by atoms with Crippen LogP contribution in [0.15, 0.2) is 0 Å². The molecule has 9 heavy (non-hydrogen) atoms. The largest absolute Gasteiger partial charge is 0.281 e. The van der Waals surface area contributed by atoms with Gasteiger partial charge in [0.1, 0.15) is 5.38 Å². The summed E-state index contributed by atoms with van der Waals surface area (Å²) >= 11 is 15.0. The van der Waals surface area contributed by atoms with Gasteiger partial charge < -0.3 is 0 Å². The van der Waals surface area contributed by atoms with Crippen molar-refractivity contribution in [3.05, 3.63) is 0 Å². The molecule has 0 saturated heterocycles. The molecule has 0 aromatic rings. The van der Waals surface area contributed by atoms with E-state index in [9.17, 15) is 9.59 Å². The molecule has 0 saturated carbocycles. The van der Waals surface area contributed by atoms with Gasteiger partial charge in [0.05, 0.1) is 0 Å². The minimum atomic E-state index is -0.989.